The number of aryl methyl sites for hydroxylation is 2. The molecule has 0 aliphatic carbocycles. The molecule has 182 valence electrons. The first kappa shape index (κ1) is 24.3. The summed E-state index contributed by atoms with van der Waals surface area (Å²) in [6.45, 7) is 7.23. The van der Waals surface area contributed by atoms with Gasteiger partial charge in [-0.2, -0.15) is 0 Å². The number of anilines is 1. The molecule has 0 spiro atoms. The molecule has 8 nitrogen and oxygen atoms in total. The Morgan fingerprint density at radius 2 is 1.77 bits per heavy atom. The molecule has 0 saturated carbocycles. The van der Waals surface area contributed by atoms with Crippen LogP contribution in [-0.4, -0.2) is 55.9 Å². The summed E-state index contributed by atoms with van der Waals surface area (Å²) in [7, 11) is 1.80. The van der Waals surface area contributed by atoms with Crippen molar-refractivity contribution in [2.45, 2.75) is 39.8 Å². The highest BCUT2D eigenvalue weighted by molar-refractivity contribution is 5.87. The van der Waals surface area contributed by atoms with Crippen molar-refractivity contribution in [1.82, 2.24) is 29.7 Å². The number of fused-ring (bicyclic) bond motifs is 1. The zero-order valence-corrected chi connectivity index (χ0v) is 20.7. The van der Waals surface area contributed by atoms with Crippen molar-refractivity contribution in [1.29, 1.82) is 0 Å². The number of imidazole rings is 1. The number of unbranched alkanes of at least 4 members (excludes halogenated alkanes) is 1. The maximum absolute atomic E-state index is 12.3. The van der Waals surface area contributed by atoms with E-state index in [9.17, 15) is 4.79 Å². The lowest BCUT2D eigenvalue weighted by molar-refractivity contribution is 0.216. The van der Waals surface area contributed by atoms with Crippen molar-refractivity contribution in [3.05, 3.63) is 83.7 Å². The lowest BCUT2D eigenvalue weighted by Gasteiger charge is -2.24. The van der Waals surface area contributed by atoms with Crippen LogP contribution in [-0.2, 0) is 13.1 Å². The molecule has 8 heteroatoms. The normalized spacial score (nSPS) is 11.2. The van der Waals surface area contributed by atoms with Crippen molar-refractivity contribution in [2.75, 3.05) is 25.5 Å². The Balaban J connectivity index is 1.39. The molecule has 0 fully saturated rings. The molecule has 0 aliphatic heterocycles. The lowest BCUT2D eigenvalue weighted by atomic mass is 10.1. The van der Waals surface area contributed by atoms with Crippen LogP contribution in [0.15, 0.2) is 61.2 Å². The van der Waals surface area contributed by atoms with Crippen LogP contribution < -0.4 is 5.32 Å². The smallest absolute Gasteiger partial charge is 0.323 e. The van der Waals surface area contributed by atoms with Gasteiger partial charge in [-0.25, -0.2) is 9.78 Å². The highest BCUT2D eigenvalue weighted by Crippen LogP contribution is 2.20. The van der Waals surface area contributed by atoms with Crippen LogP contribution in [0.2, 0.25) is 0 Å². The second kappa shape index (κ2) is 11.6. The Labute approximate surface area is 206 Å². The van der Waals surface area contributed by atoms with Gasteiger partial charge in [0.15, 0.2) is 0 Å². The van der Waals surface area contributed by atoms with Crippen molar-refractivity contribution in [2.24, 2.45) is 0 Å². The minimum absolute atomic E-state index is 0.170. The summed E-state index contributed by atoms with van der Waals surface area (Å²) in [6, 6.07) is 12.4. The first-order chi connectivity index (χ1) is 17.0. The number of aromatic nitrogens is 4. The van der Waals surface area contributed by atoms with Gasteiger partial charge in [0.1, 0.15) is 0 Å². The van der Waals surface area contributed by atoms with Crippen LogP contribution in [0.25, 0.3) is 10.8 Å². The van der Waals surface area contributed by atoms with E-state index in [1.165, 1.54) is 21.9 Å². The number of urea groups is 1. The number of hydrogen-bond acceptors (Lipinski definition) is 5. The number of hydrogen-bond donors (Lipinski definition) is 2. The minimum atomic E-state index is -0.170. The van der Waals surface area contributed by atoms with Gasteiger partial charge in [-0.1, -0.05) is 30.3 Å². The lowest BCUT2D eigenvalue weighted by Crippen LogP contribution is -2.33. The molecule has 0 unspecified atom stereocenters. The molecule has 2 N–H and O–H groups in total. The first-order valence-electron chi connectivity index (χ1n) is 12.0. The van der Waals surface area contributed by atoms with Crippen LogP contribution in [0.4, 0.5) is 10.7 Å². The van der Waals surface area contributed by atoms with E-state index in [0.29, 0.717) is 12.5 Å². The Kier molecular flexibility index (Phi) is 8.05. The van der Waals surface area contributed by atoms with Gasteiger partial charge in [0.25, 0.3) is 0 Å². The first-order valence-corrected chi connectivity index (χ1v) is 12.0. The molecule has 35 heavy (non-hydrogen) atoms. The summed E-state index contributed by atoms with van der Waals surface area (Å²) >= 11 is 0. The Morgan fingerprint density at radius 1 is 0.971 bits per heavy atom. The number of pyridine rings is 2. The molecular weight excluding hydrogens is 438 g/mol. The molecule has 0 atom stereocenters. The Morgan fingerprint density at radius 3 is 2.57 bits per heavy atom. The number of amides is 2. The number of aromatic amines is 1. The van der Waals surface area contributed by atoms with E-state index in [0.717, 1.165) is 43.9 Å². The van der Waals surface area contributed by atoms with Crippen molar-refractivity contribution in [3.8, 4) is 0 Å². The van der Waals surface area contributed by atoms with Gasteiger partial charge in [-0.3, -0.25) is 20.2 Å². The molecule has 0 bridgehead atoms. The fourth-order valence-corrected chi connectivity index (χ4v) is 4.17. The van der Waals surface area contributed by atoms with E-state index >= 15 is 0 Å². The highest BCUT2D eigenvalue weighted by Gasteiger charge is 2.14. The van der Waals surface area contributed by atoms with Gasteiger partial charge < -0.3 is 9.88 Å². The number of nitrogens with one attached hydrogen (secondary N) is 2. The van der Waals surface area contributed by atoms with Gasteiger partial charge in [-0.15, -0.1) is 0 Å². The maximum atomic E-state index is 12.3. The summed E-state index contributed by atoms with van der Waals surface area (Å²) in [5.41, 5.74) is 4.54. The molecule has 2 amide bonds. The predicted molar refractivity (Wildman–Crippen MR) is 139 cm³/mol. The number of benzene rings is 1. The number of nitrogens with zero attached hydrogens (tertiary/aromatic N) is 5. The van der Waals surface area contributed by atoms with Gasteiger partial charge in [-0.05, 0) is 55.8 Å². The summed E-state index contributed by atoms with van der Waals surface area (Å²) < 4.78 is 0. The minimum Gasteiger partial charge on any atom is -0.331 e. The average molecular weight is 472 g/mol. The maximum Gasteiger partial charge on any atom is 0.323 e. The topological polar surface area (TPSA) is 90.0 Å². The predicted octanol–water partition coefficient (Wildman–Crippen LogP) is 4.92. The van der Waals surface area contributed by atoms with Gasteiger partial charge in [0.2, 0.25) is 5.95 Å². The quantitative estimate of drug-likeness (QED) is 0.321. The largest absolute Gasteiger partial charge is 0.331 e. The van der Waals surface area contributed by atoms with E-state index < -0.39 is 0 Å². The molecule has 1 aromatic carbocycles. The molecule has 0 aliphatic rings. The third-order valence-electron chi connectivity index (χ3n) is 6.11. The molecule has 3 aromatic heterocycles. The number of carbonyl (C=O) groups is 1. The van der Waals surface area contributed by atoms with Gasteiger partial charge in [0.05, 0.1) is 11.4 Å². The van der Waals surface area contributed by atoms with Crippen LogP contribution in [0.3, 0.4) is 0 Å². The monoisotopic (exact) mass is 471 g/mol. The van der Waals surface area contributed by atoms with Crippen molar-refractivity contribution >= 4 is 22.8 Å². The molecule has 0 radical (unpaired) electrons. The second-order valence-corrected chi connectivity index (χ2v) is 8.96. The molecular formula is C27H33N7O. The SMILES string of the molecule is Cc1cnc(CN(CCCCN(C)C(=O)Nc2ncc[nH]2)Cc2nccc3ccccc23)c(C)c1. The summed E-state index contributed by atoms with van der Waals surface area (Å²) in [4.78, 5) is 32.8. The average Bonchev–Trinajstić information content (AvgIpc) is 3.36. The van der Waals surface area contributed by atoms with E-state index in [-0.39, 0.29) is 6.03 Å². The summed E-state index contributed by atoms with van der Waals surface area (Å²) in [5, 5.41) is 5.14. The van der Waals surface area contributed by atoms with E-state index in [1.54, 1.807) is 24.3 Å². The fraction of sp³-hybridized carbons (Fsp3) is 0.333. The number of carbonyl (C=O) groups excluding carboxylic acids is 1. The molecule has 3 heterocycles. The van der Waals surface area contributed by atoms with Crippen LogP contribution in [0.1, 0.15) is 35.4 Å². The molecule has 4 rings (SSSR count). The number of rotatable bonds is 10. The Bertz CT molecular complexity index is 1250. The van der Waals surface area contributed by atoms with Crippen LogP contribution in [0.5, 0.6) is 0 Å². The molecule has 0 saturated heterocycles. The molecule has 4 aromatic rings. The van der Waals surface area contributed by atoms with Gasteiger partial charge in [0, 0.05) is 56.9 Å². The third-order valence-corrected chi connectivity index (χ3v) is 6.11. The standard InChI is InChI=1S/C27H33N7O/c1-20-16-21(2)24(31-17-20)18-34(19-25-23-9-5-4-8-22(23)10-11-28-25)15-7-6-14-33(3)27(35)32-26-29-12-13-30-26/h4-5,8-13,16-17H,6-7,14-15,18-19H2,1-3H3,(H2,29,30,32,35). The van der Waals surface area contributed by atoms with E-state index in [1.807, 2.05) is 12.4 Å². The summed E-state index contributed by atoms with van der Waals surface area (Å²) in [6.07, 6.45) is 8.95. The Hall–Kier alpha value is -3.78. The highest BCUT2D eigenvalue weighted by atomic mass is 16.2. The summed E-state index contributed by atoms with van der Waals surface area (Å²) in [5.74, 6) is 0.455. The third kappa shape index (κ3) is 6.64. The zero-order chi connectivity index (χ0) is 24.6. The van der Waals surface area contributed by atoms with Crippen molar-refractivity contribution < 1.29 is 4.79 Å². The van der Waals surface area contributed by atoms with Crippen LogP contribution >= 0.6 is 0 Å². The number of H-pyrrole nitrogens is 1. The fourth-order valence-electron chi connectivity index (χ4n) is 4.17. The van der Waals surface area contributed by atoms with Crippen molar-refractivity contribution in [3.63, 3.8) is 0 Å². The second-order valence-electron chi connectivity index (χ2n) is 8.96. The van der Waals surface area contributed by atoms with E-state index in [2.05, 4.69) is 70.4 Å². The van der Waals surface area contributed by atoms with Gasteiger partial charge >= 0.3 is 6.03 Å². The van der Waals surface area contributed by atoms with Crippen LogP contribution in [0, 0.1) is 13.8 Å². The van der Waals surface area contributed by atoms with E-state index in [4.69, 9.17) is 9.97 Å². The zero-order valence-electron chi connectivity index (χ0n) is 20.7.